The fourth-order valence-corrected chi connectivity index (χ4v) is 2.41. The summed E-state index contributed by atoms with van der Waals surface area (Å²) in [4.78, 5) is 23.5. The van der Waals surface area contributed by atoms with Crippen LogP contribution in [0.1, 0.15) is 23.1 Å². The second-order valence-electron chi connectivity index (χ2n) is 5.84. The molecule has 0 atom stereocenters. The highest BCUT2D eigenvalue weighted by molar-refractivity contribution is 5.80. The third-order valence-electron chi connectivity index (χ3n) is 3.74. The van der Waals surface area contributed by atoms with Gasteiger partial charge in [-0.05, 0) is 23.3 Å². The van der Waals surface area contributed by atoms with E-state index < -0.39 is 23.5 Å². The van der Waals surface area contributed by atoms with Gasteiger partial charge in [-0.25, -0.2) is 4.39 Å². The minimum absolute atomic E-state index is 0.0625. The summed E-state index contributed by atoms with van der Waals surface area (Å²) in [6.45, 7) is -0.320. The Balaban J connectivity index is 1.78. The molecule has 0 aliphatic carbocycles. The van der Waals surface area contributed by atoms with Crippen molar-refractivity contribution in [2.45, 2.75) is 25.6 Å². The van der Waals surface area contributed by atoms with Crippen molar-refractivity contribution in [1.29, 1.82) is 0 Å². The maximum absolute atomic E-state index is 13.0. The summed E-state index contributed by atoms with van der Waals surface area (Å²) < 4.78 is 51.7. The Kier molecular flexibility index (Phi) is 6.92. The van der Waals surface area contributed by atoms with E-state index in [1.807, 2.05) is 6.07 Å². The minimum atomic E-state index is -4.71. The Morgan fingerprint density at radius 2 is 1.63 bits per heavy atom. The lowest BCUT2D eigenvalue weighted by Crippen LogP contribution is -2.31. The Morgan fingerprint density at radius 1 is 0.926 bits per heavy atom. The molecule has 2 aromatic carbocycles. The van der Waals surface area contributed by atoms with Crippen molar-refractivity contribution in [3.05, 3.63) is 71.0 Å². The van der Waals surface area contributed by atoms with Crippen molar-refractivity contribution in [3.63, 3.8) is 0 Å². The molecule has 0 aromatic heterocycles. The molecule has 0 fully saturated rings. The second kappa shape index (κ2) is 9.16. The maximum Gasteiger partial charge on any atom is 0.416 e. The van der Waals surface area contributed by atoms with Crippen LogP contribution >= 0.6 is 0 Å². The van der Waals surface area contributed by atoms with Crippen LogP contribution in [0.5, 0.6) is 0 Å². The Bertz CT molecular complexity index is 792. The van der Waals surface area contributed by atoms with E-state index in [1.54, 1.807) is 24.3 Å². The SMILES string of the molecule is O=C(CCNC(=O)Cc1ccccc1)NCc1ccc(F)cc1C(F)(F)F. The molecule has 2 rings (SSSR count). The summed E-state index contributed by atoms with van der Waals surface area (Å²) in [6.07, 6.45) is -4.62. The molecule has 27 heavy (non-hydrogen) atoms. The third-order valence-corrected chi connectivity index (χ3v) is 3.74. The van der Waals surface area contributed by atoms with Gasteiger partial charge in [0.15, 0.2) is 0 Å². The van der Waals surface area contributed by atoms with Crippen LogP contribution in [0.4, 0.5) is 17.6 Å². The zero-order chi connectivity index (χ0) is 19.9. The molecule has 0 heterocycles. The van der Waals surface area contributed by atoms with E-state index in [0.29, 0.717) is 6.07 Å². The Labute approximate surface area is 153 Å². The van der Waals surface area contributed by atoms with Crippen molar-refractivity contribution in [1.82, 2.24) is 10.6 Å². The summed E-state index contributed by atoms with van der Waals surface area (Å²) in [5.41, 5.74) is -0.528. The van der Waals surface area contributed by atoms with Gasteiger partial charge in [0.2, 0.25) is 11.8 Å². The summed E-state index contributed by atoms with van der Waals surface area (Å²) in [6, 6.07) is 11.3. The molecule has 144 valence electrons. The van der Waals surface area contributed by atoms with Crippen LogP contribution in [0.2, 0.25) is 0 Å². The van der Waals surface area contributed by atoms with Gasteiger partial charge in [-0.2, -0.15) is 13.2 Å². The smallest absolute Gasteiger partial charge is 0.355 e. The lowest BCUT2D eigenvalue weighted by Gasteiger charge is -2.13. The first-order valence-electron chi connectivity index (χ1n) is 8.18. The van der Waals surface area contributed by atoms with E-state index in [2.05, 4.69) is 10.6 Å². The molecule has 2 N–H and O–H groups in total. The van der Waals surface area contributed by atoms with Gasteiger partial charge in [0.25, 0.3) is 0 Å². The normalized spacial score (nSPS) is 11.1. The number of rotatable bonds is 7. The number of halogens is 4. The number of carbonyl (C=O) groups is 2. The molecule has 4 nitrogen and oxygen atoms in total. The summed E-state index contributed by atoms with van der Waals surface area (Å²) in [7, 11) is 0. The largest absolute Gasteiger partial charge is 0.416 e. The number of amides is 2. The highest BCUT2D eigenvalue weighted by Crippen LogP contribution is 2.32. The summed E-state index contributed by atoms with van der Waals surface area (Å²) in [5.74, 6) is -1.78. The molecule has 0 aliphatic rings. The van der Waals surface area contributed by atoms with Gasteiger partial charge in [-0.3, -0.25) is 9.59 Å². The van der Waals surface area contributed by atoms with Gasteiger partial charge >= 0.3 is 6.18 Å². The van der Waals surface area contributed by atoms with Crippen molar-refractivity contribution >= 4 is 11.8 Å². The first kappa shape index (κ1) is 20.4. The molecule has 2 amide bonds. The molecule has 0 bridgehead atoms. The first-order valence-corrected chi connectivity index (χ1v) is 8.18. The number of hydrogen-bond donors (Lipinski definition) is 2. The number of benzene rings is 2. The van der Waals surface area contributed by atoms with Crippen molar-refractivity contribution in [2.75, 3.05) is 6.54 Å². The zero-order valence-corrected chi connectivity index (χ0v) is 14.3. The quantitative estimate of drug-likeness (QED) is 0.723. The van der Waals surface area contributed by atoms with Crippen LogP contribution in [0, 0.1) is 5.82 Å². The van der Waals surface area contributed by atoms with Crippen molar-refractivity contribution in [2.24, 2.45) is 0 Å². The first-order chi connectivity index (χ1) is 12.8. The Hall–Kier alpha value is -2.90. The number of nitrogens with one attached hydrogen (secondary N) is 2. The van der Waals surface area contributed by atoms with Gasteiger partial charge in [0.1, 0.15) is 5.82 Å². The van der Waals surface area contributed by atoms with Crippen LogP contribution in [0.25, 0.3) is 0 Å². The fourth-order valence-electron chi connectivity index (χ4n) is 2.41. The molecule has 0 aliphatic heterocycles. The zero-order valence-electron chi connectivity index (χ0n) is 14.3. The number of hydrogen-bond acceptors (Lipinski definition) is 2. The molecule has 0 saturated heterocycles. The average Bonchev–Trinajstić information content (AvgIpc) is 2.60. The molecule has 0 radical (unpaired) electrons. The molecule has 0 spiro atoms. The van der Waals surface area contributed by atoms with Crippen molar-refractivity contribution in [3.8, 4) is 0 Å². The number of alkyl halides is 3. The minimum Gasteiger partial charge on any atom is -0.355 e. The molecule has 0 saturated carbocycles. The van der Waals surface area contributed by atoms with E-state index in [-0.39, 0.29) is 37.4 Å². The lowest BCUT2D eigenvalue weighted by molar-refractivity contribution is -0.138. The summed E-state index contributed by atoms with van der Waals surface area (Å²) >= 11 is 0. The van der Waals surface area contributed by atoms with Gasteiger partial charge in [0, 0.05) is 19.5 Å². The van der Waals surface area contributed by atoms with Crippen molar-refractivity contribution < 1.29 is 27.2 Å². The van der Waals surface area contributed by atoms with E-state index >= 15 is 0 Å². The van der Waals surface area contributed by atoms with Gasteiger partial charge in [-0.15, -0.1) is 0 Å². The Morgan fingerprint density at radius 3 is 2.30 bits per heavy atom. The molecule has 8 heteroatoms. The highest BCUT2D eigenvalue weighted by atomic mass is 19.4. The van der Waals surface area contributed by atoms with Gasteiger partial charge in [0.05, 0.1) is 12.0 Å². The number of carbonyl (C=O) groups excluding carboxylic acids is 2. The van der Waals surface area contributed by atoms with Crippen LogP contribution < -0.4 is 10.6 Å². The van der Waals surface area contributed by atoms with E-state index in [0.717, 1.165) is 17.7 Å². The fraction of sp³-hybridized carbons (Fsp3) is 0.263. The van der Waals surface area contributed by atoms with Crippen LogP contribution in [-0.2, 0) is 28.7 Å². The van der Waals surface area contributed by atoms with E-state index in [9.17, 15) is 27.2 Å². The van der Waals surface area contributed by atoms with Gasteiger partial charge < -0.3 is 10.6 Å². The molecule has 2 aromatic rings. The third kappa shape index (κ3) is 6.73. The standard InChI is InChI=1S/C19H18F4N2O2/c20-15-7-6-14(16(11-15)19(21,22)23)12-25-17(26)8-9-24-18(27)10-13-4-2-1-3-5-13/h1-7,11H,8-10,12H2,(H,24,27)(H,25,26). The predicted octanol–water partition coefficient (Wildman–Crippen LogP) is 3.21. The predicted molar refractivity (Wildman–Crippen MR) is 91.0 cm³/mol. The van der Waals surface area contributed by atoms with E-state index in [4.69, 9.17) is 0 Å². The maximum atomic E-state index is 13.0. The highest BCUT2D eigenvalue weighted by Gasteiger charge is 2.33. The van der Waals surface area contributed by atoms with Crippen LogP contribution in [-0.4, -0.2) is 18.4 Å². The van der Waals surface area contributed by atoms with Crippen LogP contribution in [0.15, 0.2) is 48.5 Å². The molecule has 0 unspecified atom stereocenters. The lowest BCUT2D eigenvalue weighted by atomic mass is 10.1. The molecular weight excluding hydrogens is 364 g/mol. The van der Waals surface area contributed by atoms with Crippen LogP contribution in [0.3, 0.4) is 0 Å². The van der Waals surface area contributed by atoms with E-state index in [1.165, 1.54) is 0 Å². The monoisotopic (exact) mass is 382 g/mol. The summed E-state index contributed by atoms with van der Waals surface area (Å²) in [5, 5.41) is 4.92. The average molecular weight is 382 g/mol. The van der Waals surface area contributed by atoms with Gasteiger partial charge in [-0.1, -0.05) is 36.4 Å². The topological polar surface area (TPSA) is 58.2 Å². The second-order valence-corrected chi connectivity index (χ2v) is 5.84. The molecular formula is C19H18F4N2O2.